The van der Waals surface area contributed by atoms with Crippen molar-refractivity contribution in [2.45, 2.75) is 63.8 Å². The van der Waals surface area contributed by atoms with Crippen LogP contribution in [-0.2, 0) is 19.2 Å². The summed E-state index contributed by atoms with van der Waals surface area (Å²) in [6, 6.07) is -2.14. The summed E-state index contributed by atoms with van der Waals surface area (Å²) in [5.41, 5.74) is 5.29. The van der Waals surface area contributed by atoms with Gasteiger partial charge in [-0.2, -0.15) is 0 Å². The minimum absolute atomic E-state index is 0.0240. The lowest BCUT2D eigenvalue weighted by Gasteiger charge is -2.31. The number of ketones is 1. The fourth-order valence-corrected chi connectivity index (χ4v) is 4.05. The zero-order valence-corrected chi connectivity index (χ0v) is 17.0. The van der Waals surface area contributed by atoms with E-state index in [0.717, 1.165) is 6.42 Å². The molecule has 0 bridgehead atoms. The Morgan fingerprint density at radius 2 is 1.72 bits per heavy atom. The van der Waals surface area contributed by atoms with Crippen molar-refractivity contribution in [1.29, 1.82) is 0 Å². The van der Waals surface area contributed by atoms with E-state index in [4.69, 9.17) is 5.73 Å². The molecule has 0 spiro atoms. The van der Waals surface area contributed by atoms with Crippen LogP contribution in [0.3, 0.4) is 0 Å². The van der Waals surface area contributed by atoms with Crippen LogP contribution in [-0.4, -0.2) is 94.0 Å². The Bertz CT molecular complexity index is 640. The summed E-state index contributed by atoms with van der Waals surface area (Å²) in [4.78, 5) is 52.4. The molecule has 2 amide bonds. The summed E-state index contributed by atoms with van der Waals surface area (Å²) < 4.78 is 0. The zero-order valence-electron chi connectivity index (χ0n) is 17.0. The summed E-state index contributed by atoms with van der Waals surface area (Å²) in [5, 5.41) is 21.5. The molecule has 0 aromatic heterocycles. The molecule has 2 rings (SSSR count). The highest BCUT2D eigenvalue weighted by atomic mass is 16.4. The maximum Gasteiger partial charge on any atom is 0.326 e. The number of aliphatic carboxylic acids is 1. The molecular formula is C19H32N4O6. The van der Waals surface area contributed by atoms with Crippen molar-refractivity contribution in [3.63, 3.8) is 0 Å². The number of carbonyl (C=O) groups is 4. The lowest BCUT2D eigenvalue weighted by Crippen LogP contribution is -2.54. The minimum Gasteiger partial charge on any atom is -0.480 e. The second-order valence-corrected chi connectivity index (χ2v) is 8.10. The second-order valence-electron chi connectivity index (χ2n) is 8.10. The topological polar surface area (TPSA) is 153 Å². The van der Waals surface area contributed by atoms with Crippen molar-refractivity contribution in [1.82, 2.24) is 15.1 Å². The first kappa shape index (κ1) is 23.2. The number of carboxylic acids is 1. The Kier molecular flexibility index (Phi) is 8.12. The smallest absolute Gasteiger partial charge is 0.326 e. The molecule has 2 aliphatic rings. The fourth-order valence-electron chi connectivity index (χ4n) is 4.05. The van der Waals surface area contributed by atoms with Gasteiger partial charge < -0.3 is 26.2 Å². The van der Waals surface area contributed by atoms with E-state index in [2.05, 4.69) is 5.32 Å². The van der Waals surface area contributed by atoms with E-state index < -0.39 is 36.1 Å². The second kappa shape index (κ2) is 10.1. The predicted octanol–water partition coefficient (Wildman–Crippen LogP) is -1.44. The fraction of sp³-hybridized carbons (Fsp3) is 0.789. The SMILES string of the molecule is CC(C)C(NC(=O)C(O)CN)C(=O)CN1CCCC1C(=O)N1CCCC1C(=O)O. The summed E-state index contributed by atoms with van der Waals surface area (Å²) in [5.74, 6) is -2.41. The number of nitrogens with one attached hydrogen (secondary N) is 1. The number of aliphatic hydroxyl groups is 1. The van der Waals surface area contributed by atoms with Gasteiger partial charge in [0.15, 0.2) is 5.78 Å². The number of Topliss-reactive ketones (excluding diaryl/α,β-unsaturated/α-hetero) is 1. The van der Waals surface area contributed by atoms with Crippen LogP contribution in [0.25, 0.3) is 0 Å². The van der Waals surface area contributed by atoms with Gasteiger partial charge in [0, 0.05) is 13.1 Å². The van der Waals surface area contributed by atoms with Crippen LogP contribution < -0.4 is 11.1 Å². The standard InChI is InChI=1S/C19H32N4O6/c1-11(2)16(21-17(26)14(24)9-20)15(25)10-22-7-3-5-12(22)18(27)23-8-4-6-13(23)19(28)29/h11-14,16,24H,3-10,20H2,1-2H3,(H,21,26)(H,28,29). The van der Waals surface area contributed by atoms with Gasteiger partial charge in [-0.1, -0.05) is 13.8 Å². The van der Waals surface area contributed by atoms with Crippen molar-refractivity contribution in [2.24, 2.45) is 11.7 Å². The van der Waals surface area contributed by atoms with Crippen molar-refractivity contribution >= 4 is 23.6 Å². The third-order valence-corrected chi connectivity index (χ3v) is 5.67. The van der Waals surface area contributed by atoms with E-state index in [9.17, 15) is 29.4 Å². The molecular weight excluding hydrogens is 380 g/mol. The summed E-state index contributed by atoms with van der Waals surface area (Å²) in [6.45, 7) is 4.27. The summed E-state index contributed by atoms with van der Waals surface area (Å²) in [6.07, 6.45) is 1.02. The molecule has 2 fully saturated rings. The Morgan fingerprint density at radius 1 is 1.10 bits per heavy atom. The molecule has 0 aromatic carbocycles. The quantitative estimate of drug-likeness (QED) is 0.359. The van der Waals surface area contributed by atoms with Gasteiger partial charge in [-0.15, -0.1) is 0 Å². The van der Waals surface area contributed by atoms with Crippen LogP contribution >= 0.6 is 0 Å². The van der Waals surface area contributed by atoms with Crippen LogP contribution in [0.2, 0.25) is 0 Å². The normalized spacial score (nSPS) is 24.5. The lowest BCUT2D eigenvalue weighted by atomic mass is 9.98. The number of hydrogen-bond acceptors (Lipinski definition) is 7. The molecule has 0 radical (unpaired) electrons. The Labute approximate surface area is 170 Å². The van der Waals surface area contributed by atoms with Crippen molar-refractivity contribution in [3.05, 3.63) is 0 Å². The van der Waals surface area contributed by atoms with Crippen LogP contribution in [0.15, 0.2) is 0 Å². The minimum atomic E-state index is -1.38. The Hall–Kier alpha value is -2.04. The first-order valence-corrected chi connectivity index (χ1v) is 10.2. The molecule has 164 valence electrons. The molecule has 2 saturated heterocycles. The highest BCUT2D eigenvalue weighted by Crippen LogP contribution is 2.25. The van der Waals surface area contributed by atoms with E-state index in [0.29, 0.717) is 32.4 Å². The van der Waals surface area contributed by atoms with E-state index >= 15 is 0 Å². The average Bonchev–Trinajstić information content (AvgIpc) is 3.33. The van der Waals surface area contributed by atoms with Crippen molar-refractivity contribution in [3.8, 4) is 0 Å². The van der Waals surface area contributed by atoms with E-state index in [1.54, 1.807) is 18.7 Å². The molecule has 4 atom stereocenters. The molecule has 0 aromatic rings. The van der Waals surface area contributed by atoms with Crippen molar-refractivity contribution < 1.29 is 29.4 Å². The number of amides is 2. The Balaban J connectivity index is 2.04. The van der Waals surface area contributed by atoms with Crippen LogP contribution in [0, 0.1) is 5.92 Å². The molecule has 2 aliphatic heterocycles. The highest BCUT2D eigenvalue weighted by molar-refractivity contribution is 5.93. The number of nitrogens with two attached hydrogens (primary N) is 1. The molecule has 29 heavy (non-hydrogen) atoms. The number of rotatable bonds is 9. The van der Waals surface area contributed by atoms with Gasteiger partial charge in [-0.3, -0.25) is 19.3 Å². The third-order valence-electron chi connectivity index (χ3n) is 5.67. The molecule has 10 heteroatoms. The van der Waals surface area contributed by atoms with E-state index in [1.807, 2.05) is 0 Å². The maximum absolute atomic E-state index is 13.0. The van der Waals surface area contributed by atoms with Gasteiger partial charge in [-0.25, -0.2) is 4.79 Å². The van der Waals surface area contributed by atoms with Crippen LogP contribution in [0.1, 0.15) is 39.5 Å². The lowest BCUT2D eigenvalue weighted by molar-refractivity contribution is -0.150. The number of likely N-dealkylation sites (tertiary alicyclic amines) is 2. The zero-order chi connectivity index (χ0) is 21.7. The van der Waals surface area contributed by atoms with Crippen LogP contribution in [0.5, 0.6) is 0 Å². The van der Waals surface area contributed by atoms with E-state index in [-0.39, 0.29) is 30.7 Å². The molecule has 4 unspecified atom stereocenters. The van der Waals surface area contributed by atoms with Gasteiger partial charge in [0.2, 0.25) is 5.91 Å². The third kappa shape index (κ3) is 5.52. The molecule has 2 heterocycles. The number of nitrogens with zero attached hydrogens (tertiary/aromatic N) is 2. The van der Waals surface area contributed by atoms with Gasteiger partial charge in [0.1, 0.15) is 12.1 Å². The monoisotopic (exact) mass is 412 g/mol. The van der Waals surface area contributed by atoms with Gasteiger partial charge in [0.25, 0.3) is 5.91 Å². The number of hydrogen-bond donors (Lipinski definition) is 4. The van der Waals surface area contributed by atoms with Gasteiger partial charge in [0.05, 0.1) is 18.6 Å². The first-order valence-electron chi connectivity index (χ1n) is 10.2. The van der Waals surface area contributed by atoms with E-state index in [1.165, 1.54) is 4.90 Å². The van der Waals surface area contributed by atoms with Crippen LogP contribution in [0.4, 0.5) is 0 Å². The Morgan fingerprint density at radius 3 is 2.31 bits per heavy atom. The molecule has 10 nitrogen and oxygen atoms in total. The largest absolute Gasteiger partial charge is 0.480 e. The number of carboxylic acid groups (broad SMARTS) is 1. The summed E-state index contributed by atoms with van der Waals surface area (Å²) in [7, 11) is 0. The predicted molar refractivity (Wildman–Crippen MR) is 104 cm³/mol. The van der Waals surface area contributed by atoms with Gasteiger partial charge >= 0.3 is 5.97 Å². The number of aliphatic hydroxyl groups excluding tert-OH is 1. The average molecular weight is 412 g/mol. The molecule has 5 N–H and O–H groups in total. The highest BCUT2D eigenvalue weighted by Gasteiger charge is 2.41. The number of carbonyl (C=O) groups excluding carboxylic acids is 3. The van der Waals surface area contributed by atoms with Crippen molar-refractivity contribution in [2.75, 3.05) is 26.2 Å². The maximum atomic E-state index is 13.0. The molecule has 0 saturated carbocycles. The summed E-state index contributed by atoms with van der Waals surface area (Å²) >= 11 is 0. The molecule has 0 aliphatic carbocycles. The first-order chi connectivity index (χ1) is 13.7. The van der Waals surface area contributed by atoms with Gasteiger partial charge in [-0.05, 0) is 38.1 Å².